The quantitative estimate of drug-likeness (QED) is 0.771. The number of fused-ring (bicyclic) bond motifs is 2. The van der Waals surface area contributed by atoms with E-state index in [1.54, 1.807) is 35.1 Å². The predicted molar refractivity (Wildman–Crippen MR) is 93.2 cm³/mol. The zero-order chi connectivity index (χ0) is 17.6. The van der Waals surface area contributed by atoms with Gasteiger partial charge in [-0.05, 0) is 32.0 Å². The predicted octanol–water partition coefficient (Wildman–Crippen LogP) is 2.25. The monoisotopic (exact) mass is 338 g/mol. The third-order valence-corrected chi connectivity index (χ3v) is 4.27. The zero-order valence-corrected chi connectivity index (χ0v) is 14.2. The Morgan fingerprint density at radius 1 is 1.32 bits per heavy atom. The number of nitrogens with zero attached hydrogens (tertiary/aromatic N) is 5. The van der Waals surface area contributed by atoms with Crippen molar-refractivity contribution < 1.29 is 9.53 Å². The van der Waals surface area contributed by atoms with Gasteiger partial charge in [0, 0.05) is 25.1 Å². The van der Waals surface area contributed by atoms with Crippen LogP contribution in [0.2, 0.25) is 0 Å². The number of rotatable bonds is 2. The van der Waals surface area contributed by atoms with Crippen molar-refractivity contribution in [3.8, 4) is 5.75 Å². The Bertz CT molecular complexity index is 965. The maximum Gasteiger partial charge on any atom is 0.235 e. The first-order chi connectivity index (χ1) is 12.0. The van der Waals surface area contributed by atoms with Crippen LogP contribution in [0.15, 0.2) is 36.9 Å². The molecule has 0 radical (unpaired) electrons. The summed E-state index contributed by atoms with van der Waals surface area (Å²) in [5, 5.41) is 11.2. The summed E-state index contributed by atoms with van der Waals surface area (Å²) in [6.45, 7) is 4.11. The standard InChI is InChI=1S/C17H18N6O2/c1-17(2)9-25-13-5-4-11(8-12(13)22(3)16(17)24)20-14-15-21-19-10-23(15)7-6-18-14/h4-8,10H,9H2,1-3H3,(H,18,20). The normalized spacial score (nSPS) is 16.3. The summed E-state index contributed by atoms with van der Waals surface area (Å²) in [4.78, 5) is 18.6. The SMILES string of the molecule is CN1C(=O)C(C)(C)COc2ccc(Nc3nccn4cnnc34)cc21. The highest BCUT2D eigenvalue weighted by Crippen LogP contribution is 2.37. The molecule has 8 heteroatoms. The van der Waals surface area contributed by atoms with E-state index in [1.807, 2.05) is 32.0 Å². The van der Waals surface area contributed by atoms with Gasteiger partial charge in [-0.25, -0.2) is 4.98 Å². The molecule has 2 aromatic heterocycles. The molecule has 8 nitrogen and oxygen atoms in total. The number of ether oxygens (including phenoxy) is 1. The number of aromatic nitrogens is 4. The van der Waals surface area contributed by atoms with Crippen molar-refractivity contribution in [2.45, 2.75) is 13.8 Å². The van der Waals surface area contributed by atoms with Gasteiger partial charge in [-0.3, -0.25) is 9.20 Å². The van der Waals surface area contributed by atoms with Gasteiger partial charge in [0.2, 0.25) is 11.6 Å². The van der Waals surface area contributed by atoms with Crippen LogP contribution in [0.1, 0.15) is 13.8 Å². The summed E-state index contributed by atoms with van der Waals surface area (Å²) in [6.07, 6.45) is 5.06. The van der Waals surface area contributed by atoms with Crippen molar-refractivity contribution in [1.82, 2.24) is 19.6 Å². The van der Waals surface area contributed by atoms with Gasteiger partial charge >= 0.3 is 0 Å². The van der Waals surface area contributed by atoms with Crippen molar-refractivity contribution in [3.63, 3.8) is 0 Å². The molecule has 0 bridgehead atoms. The van der Waals surface area contributed by atoms with E-state index < -0.39 is 5.41 Å². The van der Waals surface area contributed by atoms with E-state index in [2.05, 4.69) is 20.5 Å². The molecule has 0 saturated carbocycles. The maximum absolute atomic E-state index is 12.6. The summed E-state index contributed by atoms with van der Waals surface area (Å²) < 4.78 is 7.61. The largest absolute Gasteiger partial charge is 0.490 e. The molecule has 0 atom stereocenters. The molecule has 0 unspecified atom stereocenters. The average molecular weight is 338 g/mol. The minimum atomic E-state index is -0.573. The minimum Gasteiger partial charge on any atom is -0.490 e. The number of amides is 1. The lowest BCUT2D eigenvalue weighted by Crippen LogP contribution is -2.39. The number of carbonyl (C=O) groups is 1. The molecule has 3 heterocycles. The van der Waals surface area contributed by atoms with Crippen LogP contribution in [-0.4, -0.2) is 39.1 Å². The van der Waals surface area contributed by atoms with Gasteiger partial charge in [-0.15, -0.1) is 10.2 Å². The number of hydrogen-bond donors (Lipinski definition) is 1. The van der Waals surface area contributed by atoms with Crippen LogP contribution in [0.4, 0.5) is 17.2 Å². The first kappa shape index (κ1) is 15.4. The Morgan fingerprint density at radius 3 is 3.00 bits per heavy atom. The molecule has 128 valence electrons. The average Bonchev–Trinajstić information content (AvgIpc) is 3.06. The molecule has 0 fully saturated rings. The molecular weight excluding hydrogens is 320 g/mol. The van der Waals surface area contributed by atoms with Crippen LogP contribution < -0.4 is 15.0 Å². The highest BCUT2D eigenvalue weighted by Gasteiger charge is 2.36. The number of benzene rings is 1. The summed E-state index contributed by atoms with van der Waals surface area (Å²) in [5.41, 5.74) is 1.55. The first-order valence-electron chi connectivity index (χ1n) is 7.92. The molecule has 0 saturated heterocycles. The molecule has 1 aromatic carbocycles. The van der Waals surface area contributed by atoms with Crippen LogP contribution in [0.25, 0.3) is 5.65 Å². The van der Waals surface area contributed by atoms with Gasteiger partial charge in [0.05, 0.1) is 11.1 Å². The van der Waals surface area contributed by atoms with Crippen LogP contribution in [0.5, 0.6) is 5.75 Å². The highest BCUT2D eigenvalue weighted by molar-refractivity contribution is 5.99. The van der Waals surface area contributed by atoms with E-state index >= 15 is 0 Å². The summed E-state index contributed by atoms with van der Waals surface area (Å²) in [7, 11) is 1.76. The van der Waals surface area contributed by atoms with Gasteiger partial charge in [-0.1, -0.05) is 0 Å². The fourth-order valence-electron chi connectivity index (χ4n) is 2.85. The van der Waals surface area contributed by atoms with Gasteiger partial charge in [-0.2, -0.15) is 0 Å². The van der Waals surface area contributed by atoms with Crippen molar-refractivity contribution in [3.05, 3.63) is 36.9 Å². The van der Waals surface area contributed by atoms with E-state index in [-0.39, 0.29) is 5.91 Å². The molecule has 1 N–H and O–H groups in total. The fourth-order valence-corrected chi connectivity index (χ4v) is 2.85. The van der Waals surface area contributed by atoms with E-state index in [0.29, 0.717) is 29.5 Å². The number of hydrogen-bond acceptors (Lipinski definition) is 6. The maximum atomic E-state index is 12.6. The molecule has 1 amide bonds. The number of carbonyl (C=O) groups excluding carboxylic acids is 1. The highest BCUT2D eigenvalue weighted by atomic mass is 16.5. The number of anilines is 3. The topological polar surface area (TPSA) is 84.7 Å². The van der Waals surface area contributed by atoms with Crippen molar-refractivity contribution in [2.75, 3.05) is 23.9 Å². The van der Waals surface area contributed by atoms with Crippen LogP contribution in [-0.2, 0) is 4.79 Å². The van der Waals surface area contributed by atoms with E-state index in [0.717, 1.165) is 5.69 Å². The second kappa shape index (κ2) is 5.44. The third kappa shape index (κ3) is 2.55. The Morgan fingerprint density at radius 2 is 2.16 bits per heavy atom. The molecule has 25 heavy (non-hydrogen) atoms. The second-order valence-corrected chi connectivity index (χ2v) is 6.68. The van der Waals surface area contributed by atoms with Crippen molar-refractivity contribution >= 4 is 28.7 Å². The Labute approximate surface area is 144 Å². The van der Waals surface area contributed by atoms with E-state index in [4.69, 9.17) is 4.74 Å². The van der Waals surface area contributed by atoms with Gasteiger partial charge in [0.25, 0.3) is 0 Å². The first-order valence-corrected chi connectivity index (χ1v) is 7.92. The van der Waals surface area contributed by atoms with Gasteiger partial charge < -0.3 is 15.0 Å². The van der Waals surface area contributed by atoms with Crippen molar-refractivity contribution in [2.24, 2.45) is 5.41 Å². The lowest BCUT2D eigenvalue weighted by atomic mass is 9.93. The molecule has 0 aliphatic carbocycles. The lowest BCUT2D eigenvalue weighted by Gasteiger charge is -2.24. The van der Waals surface area contributed by atoms with E-state index in [9.17, 15) is 4.79 Å². The van der Waals surface area contributed by atoms with Gasteiger partial charge in [0.1, 0.15) is 18.7 Å². The van der Waals surface area contributed by atoms with Crippen LogP contribution in [0, 0.1) is 5.41 Å². The van der Waals surface area contributed by atoms with Crippen LogP contribution in [0.3, 0.4) is 0 Å². The Kier molecular flexibility index (Phi) is 3.34. The molecule has 4 rings (SSSR count). The zero-order valence-electron chi connectivity index (χ0n) is 14.2. The summed E-state index contributed by atoms with van der Waals surface area (Å²) in [5.74, 6) is 1.28. The molecule has 3 aromatic rings. The molecule has 1 aliphatic rings. The number of nitrogens with one attached hydrogen (secondary N) is 1. The van der Waals surface area contributed by atoms with Gasteiger partial charge in [0.15, 0.2) is 5.82 Å². The molecular formula is C17H18N6O2. The minimum absolute atomic E-state index is 0.0149. The smallest absolute Gasteiger partial charge is 0.235 e. The summed E-state index contributed by atoms with van der Waals surface area (Å²) in [6, 6.07) is 5.61. The molecule has 1 aliphatic heterocycles. The Hall–Kier alpha value is -3.16. The van der Waals surface area contributed by atoms with Crippen LogP contribution >= 0.6 is 0 Å². The second-order valence-electron chi connectivity index (χ2n) is 6.68. The lowest BCUT2D eigenvalue weighted by molar-refractivity contribution is -0.127. The van der Waals surface area contributed by atoms with Crippen molar-refractivity contribution in [1.29, 1.82) is 0 Å². The fraction of sp³-hybridized carbons (Fsp3) is 0.294. The Balaban J connectivity index is 1.71. The molecule has 0 spiro atoms. The van der Waals surface area contributed by atoms with E-state index in [1.165, 1.54) is 0 Å². The third-order valence-electron chi connectivity index (χ3n) is 4.27. The summed E-state index contributed by atoms with van der Waals surface area (Å²) >= 11 is 0.